The van der Waals surface area contributed by atoms with Crippen molar-refractivity contribution in [1.82, 2.24) is 14.9 Å². The molecular formula is C10H18ClN3. The molecular weight excluding hydrogens is 198 g/mol. The van der Waals surface area contributed by atoms with Crippen molar-refractivity contribution < 1.29 is 0 Å². The molecule has 0 aromatic carbocycles. The molecule has 80 valence electrons. The van der Waals surface area contributed by atoms with E-state index in [0.717, 1.165) is 29.6 Å². The lowest BCUT2D eigenvalue weighted by molar-refractivity contribution is 0.716. The van der Waals surface area contributed by atoms with E-state index < -0.39 is 0 Å². The van der Waals surface area contributed by atoms with Crippen molar-refractivity contribution in [3.05, 3.63) is 16.7 Å². The topological polar surface area (TPSA) is 29.9 Å². The van der Waals surface area contributed by atoms with Crippen LogP contribution in [0.4, 0.5) is 0 Å². The third kappa shape index (κ3) is 2.28. The van der Waals surface area contributed by atoms with Gasteiger partial charge in [-0.25, -0.2) is 4.98 Å². The van der Waals surface area contributed by atoms with Crippen molar-refractivity contribution in [2.45, 2.75) is 26.2 Å². The molecule has 0 spiro atoms. The molecule has 0 saturated heterocycles. The molecule has 0 amide bonds. The van der Waals surface area contributed by atoms with Crippen LogP contribution in [0, 0.1) is 0 Å². The highest BCUT2D eigenvalue weighted by molar-refractivity contribution is 6.30. The van der Waals surface area contributed by atoms with E-state index in [0.29, 0.717) is 5.92 Å². The van der Waals surface area contributed by atoms with Crippen LogP contribution in [0.15, 0.2) is 0 Å². The Morgan fingerprint density at radius 3 is 2.57 bits per heavy atom. The van der Waals surface area contributed by atoms with E-state index in [4.69, 9.17) is 11.6 Å². The average Bonchev–Trinajstić information content (AvgIpc) is 2.42. The molecule has 1 heterocycles. The molecule has 0 saturated carbocycles. The SMILES string of the molecule is CNCCc1nc(C(C)C)c(Cl)n1C. The minimum absolute atomic E-state index is 0.386. The summed E-state index contributed by atoms with van der Waals surface area (Å²) in [5.74, 6) is 1.44. The first-order valence-electron chi connectivity index (χ1n) is 4.93. The Morgan fingerprint density at radius 2 is 2.14 bits per heavy atom. The standard InChI is InChI=1S/C10H18ClN3/c1-7(2)9-10(11)14(4)8(13-9)5-6-12-3/h7,12H,5-6H2,1-4H3. The van der Waals surface area contributed by atoms with Crippen LogP contribution in [-0.2, 0) is 13.5 Å². The molecule has 1 aromatic heterocycles. The molecule has 0 aliphatic heterocycles. The first-order valence-corrected chi connectivity index (χ1v) is 5.31. The number of aromatic nitrogens is 2. The van der Waals surface area contributed by atoms with E-state index in [1.54, 1.807) is 0 Å². The second-order valence-corrected chi connectivity index (χ2v) is 4.13. The van der Waals surface area contributed by atoms with Crippen LogP contribution in [0.25, 0.3) is 0 Å². The molecule has 14 heavy (non-hydrogen) atoms. The number of nitrogens with zero attached hydrogens (tertiary/aromatic N) is 2. The highest BCUT2D eigenvalue weighted by atomic mass is 35.5. The van der Waals surface area contributed by atoms with Crippen LogP contribution >= 0.6 is 11.6 Å². The van der Waals surface area contributed by atoms with Crippen molar-refractivity contribution in [2.24, 2.45) is 7.05 Å². The summed E-state index contributed by atoms with van der Waals surface area (Å²) < 4.78 is 1.97. The van der Waals surface area contributed by atoms with E-state index in [-0.39, 0.29) is 0 Å². The van der Waals surface area contributed by atoms with Gasteiger partial charge in [-0.1, -0.05) is 25.4 Å². The van der Waals surface area contributed by atoms with E-state index >= 15 is 0 Å². The summed E-state index contributed by atoms with van der Waals surface area (Å²) in [5.41, 5.74) is 1.00. The number of hydrogen-bond acceptors (Lipinski definition) is 2. The number of imidazole rings is 1. The molecule has 0 fully saturated rings. The van der Waals surface area contributed by atoms with E-state index in [2.05, 4.69) is 24.1 Å². The van der Waals surface area contributed by atoms with Gasteiger partial charge in [-0.15, -0.1) is 0 Å². The van der Waals surface area contributed by atoms with Crippen LogP contribution in [0.2, 0.25) is 5.15 Å². The number of rotatable bonds is 4. The highest BCUT2D eigenvalue weighted by Crippen LogP contribution is 2.23. The van der Waals surface area contributed by atoms with Gasteiger partial charge in [0.2, 0.25) is 0 Å². The number of nitrogens with one attached hydrogen (secondary N) is 1. The molecule has 3 nitrogen and oxygen atoms in total. The Labute approximate surface area is 90.5 Å². The lowest BCUT2D eigenvalue weighted by atomic mass is 10.2. The quantitative estimate of drug-likeness (QED) is 0.832. The molecule has 1 aromatic rings. The lowest BCUT2D eigenvalue weighted by Gasteiger charge is -2.01. The fourth-order valence-electron chi connectivity index (χ4n) is 1.37. The highest BCUT2D eigenvalue weighted by Gasteiger charge is 2.14. The first kappa shape index (κ1) is 11.5. The summed E-state index contributed by atoms with van der Waals surface area (Å²) in [6, 6.07) is 0. The minimum atomic E-state index is 0.386. The Balaban J connectivity index is 2.91. The molecule has 0 atom stereocenters. The maximum atomic E-state index is 6.17. The third-order valence-electron chi connectivity index (χ3n) is 2.29. The van der Waals surface area contributed by atoms with Crippen molar-refractivity contribution >= 4 is 11.6 Å². The van der Waals surface area contributed by atoms with Gasteiger partial charge < -0.3 is 9.88 Å². The molecule has 4 heteroatoms. The molecule has 0 unspecified atom stereocenters. The second-order valence-electron chi connectivity index (χ2n) is 3.77. The van der Waals surface area contributed by atoms with Crippen molar-refractivity contribution in [1.29, 1.82) is 0 Å². The van der Waals surface area contributed by atoms with Gasteiger partial charge in [-0.05, 0) is 13.0 Å². The fourth-order valence-corrected chi connectivity index (χ4v) is 1.73. The summed E-state index contributed by atoms with van der Waals surface area (Å²) >= 11 is 6.17. The van der Waals surface area contributed by atoms with Gasteiger partial charge in [-0.3, -0.25) is 0 Å². The monoisotopic (exact) mass is 215 g/mol. The zero-order chi connectivity index (χ0) is 10.7. The zero-order valence-corrected chi connectivity index (χ0v) is 10.0. The van der Waals surface area contributed by atoms with E-state index in [1.807, 2.05) is 18.7 Å². The molecule has 1 rings (SSSR count). The normalized spacial score (nSPS) is 11.3. The van der Waals surface area contributed by atoms with Crippen LogP contribution in [0.3, 0.4) is 0 Å². The maximum absolute atomic E-state index is 6.17. The predicted molar refractivity (Wildman–Crippen MR) is 59.9 cm³/mol. The molecule has 1 N–H and O–H groups in total. The Bertz CT molecular complexity index is 305. The van der Waals surface area contributed by atoms with Gasteiger partial charge in [0.25, 0.3) is 0 Å². The van der Waals surface area contributed by atoms with Gasteiger partial charge in [-0.2, -0.15) is 0 Å². The summed E-state index contributed by atoms with van der Waals surface area (Å²) in [4.78, 5) is 4.54. The van der Waals surface area contributed by atoms with Gasteiger partial charge in [0.15, 0.2) is 0 Å². The van der Waals surface area contributed by atoms with Gasteiger partial charge in [0.1, 0.15) is 11.0 Å². The summed E-state index contributed by atoms with van der Waals surface area (Å²) in [5, 5.41) is 3.87. The molecule has 0 aliphatic carbocycles. The lowest BCUT2D eigenvalue weighted by Crippen LogP contribution is -2.13. The Kier molecular flexibility index (Phi) is 3.96. The smallest absolute Gasteiger partial charge is 0.132 e. The molecule has 0 aliphatic rings. The van der Waals surface area contributed by atoms with Gasteiger partial charge >= 0.3 is 0 Å². The van der Waals surface area contributed by atoms with Gasteiger partial charge in [0.05, 0.1) is 5.69 Å². The summed E-state index contributed by atoms with van der Waals surface area (Å²) in [7, 11) is 3.90. The fraction of sp³-hybridized carbons (Fsp3) is 0.700. The maximum Gasteiger partial charge on any atom is 0.132 e. The molecule has 0 radical (unpaired) electrons. The van der Waals surface area contributed by atoms with Crippen LogP contribution in [0.1, 0.15) is 31.3 Å². The van der Waals surface area contributed by atoms with Crippen molar-refractivity contribution in [3.8, 4) is 0 Å². The minimum Gasteiger partial charge on any atom is -0.322 e. The summed E-state index contributed by atoms with van der Waals surface area (Å²) in [6.45, 7) is 5.14. The van der Waals surface area contributed by atoms with Crippen LogP contribution in [0.5, 0.6) is 0 Å². The van der Waals surface area contributed by atoms with Crippen molar-refractivity contribution in [3.63, 3.8) is 0 Å². The number of hydrogen-bond donors (Lipinski definition) is 1. The Morgan fingerprint density at radius 1 is 1.50 bits per heavy atom. The van der Waals surface area contributed by atoms with Gasteiger partial charge in [0, 0.05) is 20.0 Å². The predicted octanol–water partition coefficient (Wildman–Crippen LogP) is 1.96. The third-order valence-corrected chi connectivity index (χ3v) is 2.74. The van der Waals surface area contributed by atoms with Crippen LogP contribution < -0.4 is 5.32 Å². The van der Waals surface area contributed by atoms with Crippen LogP contribution in [-0.4, -0.2) is 23.1 Å². The Hall–Kier alpha value is -0.540. The largest absolute Gasteiger partial charge is 0.322 e. The van der Waals surface area contributed by atoms with E-state index in [1.165, 1.54) is 0 Å². The zero-order valence-electron chi connectivity index (χ0n) is 9.26. The second kappa shape index (κ2) is 4.80. The van der Waals surface area contributed by atoms with Crippen molar-refractivity contribution in [2.75, 3.05) is 13.6 Å². The molecule has 0 bridgehead atoms. The average molecular weight is 216 g/mol. The van der Waals surface area contributed by atoms with E-state index in [9.17, 15) is 0 Å². The first-order chi connectivity index (χ1) is 6.57. The number of halogens is 1. The number of likely N-dealkylation sites (N-methyl/N-ethyl adjacent to an activating group) is 1. The summed E-state index contributed by atoms with van der Waals surface area (Å²) in [6.07, 6.45) is 0.916.